The molecule has 1 unspecified atom stereocenters. The van der Waals surface area contributed by atoms with E-state index in [0.717, 1.165) is 55.5 Å². The molecule has 174 valence electrons. The maximum Gasteiger partial charge on any atom is 0.272 e. The summed E-state index contributed by atoms with van der Waals surface area (Å²) in [6.07, 6.45) is 8.24. The van der Waals surface area contributed by atoms with Crippen LogP contribution in [0, 0.1) is 17.8 Å². The van der Waals surface area contributed by atoms with Gasteiger partial charge >= 0.3 is 0 Å². The Hall–Kier alpha value is -2.21. The Morgan fingerprint density at radius 1 is 1.22 bits per heavy atom. The largest absolute Gasteiger partial charge is 0.392 e. The zero-order valence-corrected chi connectivity index (χ0v) is 19.4. The number of unbranched alkanes of at least 4 members (excludes halogenated alkanes) is 1. The summed E-state index contributed by atoms with van der Waals surface area (Å²) >= 11 is 0. The molecule has 2 amide bonds. The lowest BCUT2D eigenvalue weighted by atomic mass is 9.91. The number of rotatable bonds is 9. The lowest BCUT2D eigenvalue weighted by Crippen LogP contribution is -2.49. The normalized spacial score (nSPS) is 23.3. The molecule has 0 aromatic heterocycles. The van der Waals surface area contributed by atoms with E-state index in [2.05, 4.69) is 12.2 Å². The molecular formula is C26H37N3O3. The highest BCUT2D eigenvalue weighted by Crippen LogP contribution is 2.37. The summed E-state index contributed by atoms with van der Waals surface area (Å²) in [5, 5.41) is 13.7. The molecule has 0 bridgehead atoms. The Balaban J connectivity index is 1.60. The minimum absolute atomic E-state index is 0.230. The SMILES string of the molecule is CCCC[C@H](O)[C@@H](CC1CC1)C(=O)NC1N=C(C2CCCC2)c2ccccc2N(C)C1=O. The van der Waals surface area contributed by atoms with Gasteiger partial charge in [0, 0.05) is 18.5 Å². The number of carbonyl (C=O) groups excluding carboxylic acids is 2. The van der Waals surface area contributed by atoms with Gasteiger partial charge in [-0.2, -0.15) is 0 Å². The van der Waals surface area contributed by atoms with Gasteiger partial charge in [0.2, 0.25) is 12.1 Å². The molecule has 3 aliphatic rings. The van der Waals surface area contributed by atoms with Crippen LogP contribution in [0.1, 0.15) is 76.7 Å². The van der Waals surface area contributed by atoms with Crippen LogP contribution in [-0.4, -0.2) is 41.9 Å². The third-order valence-electron chi connectivity index (χ3n) is 7.33. The number of hydrogen-bond acceptors (Lipinski definition) is 4. The number of benzodiazepines with no additional fused rings is 1. The van der Waals surface area contributed by atoms with Crippen molar-refractivity contribution in [2.45, 2.75) is 83.4 Å². The fourth-order valence-corrected chi connectivity index (χ4v) is 5.18. The van der Waals surface area contributed by atoms with E-state index in [-0.39, 0.29) is 11.8 Å². The second kappa shape index (κ2) is 10.2. The van der Waals surface area contributed by atoms with Gasteiger partial charge in [0.25, 0.3) is 5.91 Å². The van der Waals surface area contributed by atoms with Crippen molar-refractivity contribution in [2.24, 2.45) is 22.7 Å². The second-order valence-electron chi connectivity index (χ2n) is 9.82. The zero-order valence-electron chi connectivity index (χ0n) is 19.4. The molecule has 6 nitrogen and oxygen atoms in total. The molecule has 2 fully saturated rings. The molecule has 0 saturated heterocycles. The molecular weight excluding hydrogens is 402 g/mol. The number of para-hydroxylation sites is 1. The van der Waals surface area contributed by atoms with Crippen molar-refractivity contribution >= 4 is 23.2 Å². The summed E-state index contributed by atoms with van der Waals surface area (Å²) in [4.78, 5) is 33.2. The van der Waals surface area contributed by atoms with Crippen molar-refractivity contribution in [2.75, 3.05) is 11.9 Å². The number of hydrogen-bond donors (Lipinski definition) is 2. The predicted octanol–water partition coefficient (Wildman–Crippen LogP) is 4.05. The van der Waals surface area contributed by atoms with Gasteiger partial charge in [-0.1, -0.05) is 63.6 Å². The van der Waals surface area contributed by atoms with Crippen LogP contribution >= 0.6 is 0 Å². The second-order valence-corrected chi connectivity index (χ2v) is 9.82. The highest BCUT2D eigenvalue weighted by molar-refractivity contribution is 6.14. The highest BCUT2D eigenvalue weighted by Gasteiger charge is 2.38. The molecule has 0 radical (unpaired) electrons. The summed E-state index contributed by atoms with van der Waals surface area (Å²) in [6, 6.07) is 7.90. The Labute approximate surface area is 191 Å². The number of likely N-dealkylation sites (N-methyl/N-ethyl adjacent to an activating group) is 1. The summed E-state index contributed by atoms with van der Waals surface area (Å²) in [6.45, 7) is 2.08. The molecule has 1 aromatic carbocycles. The van der Waals surface area contributed by atoms with Gasteiger partial charge in [-0.05, 0) is 37.7 Å². The van der Waals surface area contributed by atoms with E-state index in [9.17, 15) is 14.7 Å². The average molecular weight is 440 g/mol. The van der Waals surface area contributed by atoms with Crippen LogP contribution in [0.2, 0.25) is 0 Å². The predicted molar refractivity (Wildman–Crippen MR) is 127 cm³/mol. The fraction of sp³-hybridized carbons (Fsp3) is 0.654. The number of nitrogens with one attached hydrogen (secondary N) is 1. The molecule has 1 heterocycles. The highest BCUT2D eigenvalue weighted by atomic mass is 16.3. The van der Waals surface area contributed by atoms with Gasteiger partial charge in [-0.25, -0.2) is 0 Å². The van der Waals surface area contributed by atoms with E-state index in [1.807, 2.05) is 24.3 Å². The van der Waals surface area contributed by atoms with Crippen LogP contribution in [0.15, 0.2) is 29.3 Å². The molecule has 1 aliphatic heterocycles. The van der Waals surface area contributed by atoms with Gasteiger partial charge in [0.1, 0.15) is 0 Å². The van der Waals surface area contributed by atoms with E-state index < -0.39 is 18.2 Å². The standard InChI is InChI=1S/C26H37N3O3/c1-3-4-13-22(30)20(16-17-14-15-17)25(31)28-24-26(32)29(2)21-12-8-7-11-19(21)23(27-24)18-9-5-6-10-18/h7-8,11-12,17-18,20,22,24,30H,3-6,9-10,13-16H2,1-2H3,(H,28,31)/t20-,22+,24?/m1/s1. The number of aliphatic imine (C=N–C) groups is 1. The molecule has 2 N–H and O–H groups in total. The average Bonchev–Trinajstić information content (AvgIpc) is 3.49. The first-order chi connectivity index (χ1) is 15.5. The third kappa shape index (κ3) is 5.06. The zero-order chi connectivity index (χ0) is 22.7. The summed E-state index contributed by atoms with van der Waals surface area (Å²) in [7, 11) is 1.76. The molecule has 2 aliphatic carbocycles. The van der Waals surface area contributed by atoms with Crippen LogP contribution in [0.4, 0.5) is 5.69 Å². The fourth-order valence-electron chi connectivity index (χ4n) is 5.18. The van der Waals surface area contributed by atoms with Crippen LogP contribution < -0.4 is 10.2 Å². The van der Waals surface area contributed by atoms with E-state index in [1.165, 1.54) is 12.8 Å². The maximum absolute atomic E-state index is 13.3. The number of aliphatic hydroxyl groups excluding tert-OH is 1. The van der Waals surface area contributed by atoms with Gasteiger partial charge < -0.3 is 15.3 Å². The number of carbonyl (C=O) groups is 2. The van der Waals surface area contributed by atoms with Gasteiger partial charge in [0.05, 0.1) is 23.4 Å². The Morgan fingerprint density at radius 2 is 1.94 bits per heavy atom. The Morgan fingerprint density at radius 3 is 2.62 bits per heavy atom. The minimum Gasteiger partial charge on any atom is -0.392 e. The van der Waals surface area contributed by atoms with Gasteiger partial charge in [-0.3, -0.25) is 14.6 Å². The maximum atomic E-state index is 13.3. The lowest BCUT2D eigenvalue weighted by Gasteiger charge is -2.25. The van der Waals surface area contributed by atoms with Crippen molar-refractivity contribution in [1.29, 1.82) is 0 Å². The monoisotopic (exact) mass is 439 g/mol. The van der Waals surface area contributed by atoms with E-state index >= 15 is 0 Å². The van der Waals surface area contributed by atoms with E-state index in [1.54, 1.807) is 11.9 Å². The summed E-state index contributed by atoms with van der Waals surface area (Å²) < 4.78 is 0. The Kier molecular flexibility index (Phi) is 7.29. The van der Waals surface area contributed by atoms with Crippen LogP contribution in [0.5, 0.6) is 0 Å². The number of nitrogens with zero attached hydrogens (tertiary/aromatic N) is 2. The molecule has 4 rings (SSSR count). The van der Waals surface area contributed by atoms with Crippen molar-refractivity contribution in [1.82, 2.24) is 5.32 Å². The molecule has 3 atom stereocenters. The molecule has 2 saturated carbocycles. The summed E-state index contributed by atoms with van der Waals surface area (Å²) in [5.74, 6) is -0.133. The van der Waals surface area contributed by atoms with Crippen molar-refractivity contribution in [3.05, 3.63) is 29.8 Å². The molecule has 6 heteroatoms. The number of fused-ring (bicyclic) bond motifs is 1. The van der Waals surface area contributed by atoms with Crippen LogP contribution in [0.25, 0.3) is 0 Å². The first-order valence-electron chi connectivity index (χ1n) is 12.4. The number of aliphatic hydroxyl groups is 1. The van der Waals surface area contributed by atoms with E-state index in [0.29, 0.717) is 24.7 Å². The van der Waals surface area contributed by atoms with Crippen LogP contribution in [-0.2, 0) is 9.59 Å². The van der Waals surface area contributed by atoms with Crippen molar-refractivity contribution in [3.8, 4) is 0 Å². The number of amides is 2. The smallest absolute Gasteiger partial charge is 0.272 e. The number of benzene rings is 1. The topological polar surface area (TPSA) is 82.0 Å². The van der Waals surface area contributed by atoms with Gasteiger partial charge in [0.15, 0.2) is 0 Å². The molecule has 0 spiro atoms. The van der Waals surface area contributed by atoms with Crippen LogP contribution in [0.3, 0.4) is 0 Å². The van der Waals surface area contributed by atoms with Gasteiger partial charge in [-0.15, -0.1) is 0 Å². The third-order valence-corrected chi connectivity index (χ3v) is 7.33. The van der Waals surface area contributed by atoms with Crippen molar-refractivity contribution in [3.63, 3.8) is 0 Å². The Bertz CT molecular complexity index is 858. The molecule has 1 aromatic rings. The van der Waals surface area contributed by atoms with Crippen molar-refractivity contribution < 1.29 is 14.7 Å². The number of anilines is 1. The van der Waals surface area contributed by atoms with E-state index in [4.69, 9.17) is 4.99 Å². The quantitative estimate of drug-likeness (QED) is 0.609. The molecule has 32 heavy (non-hydrogen) atoms. The summed E-state index contributed by atoms with van der Waals surface area (Å²) in [5.41, 5.74) is 2.77. The first-order valence-corrected chi connectivity index (χ1v) is 12.4. The first kappa shape index (κ1) is 23.0. The lowest BCUT2D eigenvalue weighted by molar-refractivity contribution is -0.133. The minimum atomic E-state index is -0.949.